The number of rotatable bonds is 10. The van der Waals surface area contributed by atoms with Crippen molar-refractivity contribution in [1.29, 1.82) is 0 Å². The molecule has 0 aromatic heterocycles. The molecule has 2 saturated carbocycles. The second-order valence-electron chi connectivity index (χ2n) is 9.62. The minimum Gasteiger partial charge on any atom is -0.508 e. The van der Waals surface area contributed by atoms with E-state index in [1.807, 2.05) is 6.92 Å². The van der Waals surface area contributed by atoms with Gasteiger partial charge in [0.05, 0.1) is 13.2 Å². The van der Waals surface area contributed by atoms with Crippen LogP contribution in [0.5, 0.6) is 11.5 Å². The minimum atomic E-state index is -0.111. The average molecular weight is 463 g/mol. The lowest BCUT2D eigenvalue weighted by Crippen LogP contribution is -2.25. The molecule has 0 aliphatic heterocycles. The van der Waals surface area contributed by atoms with Crippen LogP contribution in [-0.4, -0.2) is 24.3 Å². The molecule has 0 spiro atoms. The summed E-state index contributed by atoms with van der Waals surface area (Å²) in [7, 11) is 0. The molecular weight excluding hydrogens is 424 g/mol. The molecule has 0 radical (unpaired) electrons. The zero-order valence-corrected chi connectivity index (χ0v) is 20.4. The summed E-state index contributed by atoms with van der Waals surface area (Å²) in [5.74, 6) is 2.44. The van der Waals surface area contributed by atoms with Gasteiger partial charge in [0.2, 0.25) is 0 Å². The molecule has 2 fully saturated rings. The molecule has 0 amide bonds. The average Bonchev–Trinajstić information content (AvgIpc) is 2.83. The Morgan fingerprint density at radius 1 is 0.853 bits per heavy atom. The Bertz CT molecular complexity index is 934. The van der Waals surface area contributed by atoms with Crippen molar-refractivity contribution in [3.05, 3.63) is 65.2 Å². The van der Waals surface area contributed by atoms with Gasteiger partial charge in [0, 0.05) is 6.42 Å². The van der Waals surface area contributed by atoms with Crippen LogP contribution >= 0.6 is 0 Å². The van der Waals surface area contributed by atoms with E-state index in [1.165, 1.54) is 55.2 Å². The highest BCUT2D eigenvalue weighted by molar-refractivity contribution is 5.83. The Kier molecular flexibility index (Phi) is 8.67. The van der Waals surface area contributed by atoms with Crippen molar-refractivity contribution in [3.8, 4) is 11.5 Å². The predicted molar refractivity (Wildman–Crippen MR) is 136 cm³/mol. The SMILES string of the molecule is CCOC(=O)CCCCCOc1ccc(C(=C2C3CCCC2CCC3)c2ccc(O)cc2)cc1. The van der Waals surface area contributed by atoms with E-state index in [-0.39, 0.29) is 5.97 Å². The Balaban J connectivity index is 1.44. The fourth-order valence-electron chi connectivity index (χ4n) is 5.69. The van der Waals surface area contributed by atoms with Crippen LogP contribution in [0.2, 0.25) is 0 Å². The van der Waals surface area contributed by atoms with Crippen LogP contribution in [0.3, 0.4) is 0 Å². The molecule has 0 unspecified atom stereocenters. The molecule has 182 valence electrons. The van der Waals surface area contributed by atoms with Gasteiger partial charge in [-0.05, 0) is 105 Å². The van der Waals surface area contributed by atoms with E-state index in [0.29, 0.717) is 37.2 Å². The summed E-state index contributed by atoms with van der Waals surface area (Å²) in [6, 6.07) is 16.2. The highest BCUT2D eigenvalue weighted by Gasteiger charge is 2.33. The zero-order chi connectivity index (χ0) is 23.8. The molecule has 2 bridgehead atoms. The number of allylic oxidation sites excluding steroid dienone is 1. The Hall–Kier alpha value is -2.75. The highest BCUT2D eigenvalue weighted by Crippen LogP contribution is 2.48. The molecule has 2 aliphatic carbocycles. The third kappa shape index (κ3) is 6.22. The Morgan fingerprint density at radius 3 is 2.03 bits per heavy atom. The Labute approximate surface area is 204 Å². The maximum atomic E-state index is 11.4. The van der Waals surface area contributed by atoms with Crippen LogP contribution in [0, 0.1) is 11.8 Å². The summed E-state index contributed by atoms with van der Waals surface area (Å²) >= 11 is 0. The summed E-state index contributed by atoms with van der Waals surface area (Å²) in [6.45, 7) is 2.94. The van der Waals surface area contributed by atoms with Gasteiger partial charge >= 0.3 is 5.97 Å². The van der Waals surface area contributed by atoms with Gasteiger partial charge in [-0.25, -0.2) is 0 Å². The Morgan fingerprint density at radius 2 is 1.44 bits per heavy atom. The van der Waals surface area contributed by atoms with Crippen molar-refractivity contribution >= 4 is 11.5 Å². The lowest BCUT2D eigenvalue weighted by Gasteiger charge is -2.39. The largest absolute Gasteiger partial charge is 0.508 e. The van der Waals surface area contributed by atoms with Gasteiger partial charge in [-0.2, -0.15) is 0 Å². The summed E-state index contributed by atoms with van der Waals surface area (Å²) < 4.78 is 10.9. The normalized spacial score (nSPS) is 19.5. The topological polar surface area (TPSA) is 55.8 Å². The number of carbonyl (C=O) groups is 1. The van der Waals surface area contributed by atoms with E-state index in [9.17, 15) is 9.90 Å². The number of phenolic OH excluding ortho intramolecular Hbond substituents is 1. The fraction of sp³-hybridized carbons (Fsp3) is 0.500. The summed E-state index contributed by atoms with van der Waals surface area (Å²) in [5, 5.41) is 9.85. The van der Waals surface area contributed by atoms with E-state index in [1.54, 1.807) is 17.7 Å². The number of unbranched alkanes of at least 4 members (excludes halogenated alkanes) is 2. The van der Waals surface area contributed by atoms with Gasteiger partial charge in [-0.1, -0.05) is 42.7 Å². The van der Waals surface area contributed by atoms with Crippen LogP contribution in [0.4, 0.5) is 0 Å². The number of benzene rings is 2. The smallest absolute Gasteiger partial charge is 0.305 e. The molecule has 1 N–H and O–H groups in total. The first-order chi connectivity index (χ1) is 16.7. The van der Waals surface area contributed by atoms with Crippen LogP contribution < -0.4 is 4.74 Å². The van der Waals surface area contributed by atoms with Crippen LogP contribution in [0.15, 0.2) is 54.1 Å². The summed E-state index contributed by atoms with van der Waals surface area (Å²) in [6.07, 6.45) is 11.1. The first kappa shape index (κ1) is 24.4. The van der Waals surface area contributed by atoms with Crippen molar-refractivity contribution in [1.82, 2.24) is 0 Å². The standard InChI is InChI=1S/C30H38O4/c1-2-33-28(32)12-4-3-5-21-34-27-19-15-25(16-20-27)30(24-13-17-26(31)18-14-24)29-22-8-6-9-23(29)11-7-10-22/h13-20,22-23,31H,2-12,21H2,1H3. The first-order valence-corrected chi connectivity index (χ1v) is 13.1. The van der Waals surface area contributed by atoms with E-state index >= 15 is 0 Å². The fourth-order valence-corrected chi connectivity index (χ4v) is 5.69. The number of hydrogen-bond donors (Lipinski definition) is 1. The number of esters is 1. The zero-order valence-electron chi connectivity index (χ0n) is 20.4. The number of phenols is 1. The molecule has 34 heavy (non-hydrogen) atoms. The third-order valence-electron chi connectivity index (χ3n) is 7.28. The number of aromatic hydroxyl groups is 1. The number of carbonyl (C=O) groups excluding carboxylic acids is 1. The van der Waals surface area contributed by atoms with Crippen molar-refractivity contribution in [2.24, 2.45) is 11.8 Å². The van der Waals surface area contributed by atoms with Gasteiger partial charge in [-0.15, -0.1) is 0 Å². The number of ether oxygens (including phenoxy) is 2. The quantitative estimate of drug-likeness (QED) is 0.297. The predicted octanol–water partition coefficient (Wildman–Crippen LogP) is 7.30. The van der Waals surface area contributed by atoms with Gasteiger partial charge < -0.3 is 14.6 Å². The second kappa shape index (κ2) is 12.1. The monoisotopic (exact) mass is 462 g/mol. The molecule has 0 heterocycles. The van der Waals surface area contributed by atoms with E-state index in [2.05, 4.69) is 36.4 Å². The maximum absolute atomic E-state index is 11.4. The second-order valence-corrected chi connectivity index (χ2v) is 9.62. The van der Waals surface area contributed by atoms with Crippen molar-refractivity contribution < 1.29 is 19.4 Å². The highest BCUT2D eigenvalue weighted by atomic mass is 16.5. The van der Waals surface area contributed by atoms with Gasteiger partial charge in [0.25, 0.3) is 0 Å². The van der Waals surface area contributed by atoms with Crippen LogP contribution in [0.25, 0.3) is 5.57 Å². The van der Waals surface area contributed by atoms with Crippen LogP contribution in [0.1, 0.15) is 82.3 Å². The molecule has 4 rings (SSSR count). The molecule has 2 aromatic rings. The first-order valence-electron chi connectivity index (χ1n) is 13.1. The van der Waals surface area contributed by atoms with Gasteiger partial charge in [0.1, 0.15) is 11.5 Å². The van der Waals surface area contributed by atoms with Crippen molar-refractivity contribution in [2.45, 2.75) is 71.1 Å². The lowest BCUT2D eigenvalue weighted by molar-refractivity contribution is -0.143. The maximum Gasteiger partial charge on any atom is 0.305 e. The molecule has 2 aliphatic rings. The van der Waals surface area contributed by atoms with E-state index < -0.39 is 0 Å². The van der Waals surface area contributed by atoms with Crippen molar-refractivity contribution in [3.63, 3.8) is 0 Å². The number of hydrogen-bond acceptors (Lipinski definition) is 4. The summed E-state index contributed by atoms with van der Waals surface area (Å²) in [5.41, 5.74) is 5.43. The summed E-state index contributed by atoms with van der Waals surface area (Å²) in [4.78, 5) is 11.4. The molecule has 4 heteroatoms. The molecule has 4 nitrogen and oxygen atoms in total. The lowest BCUT2D eigenvalue weighted by atomic mass is 9.65. The molecule has 2 aromatic carbocycles. The molecular formula is C30H38O4. The molecule has 0 saturated heterocycles. The molecule has 0 atom stereocenters. The number of fused-ring (bicyclic) bond motifs is 2. The van der Waals surface area contributed by atoms with Crippen LogP contribution in [-0.2, 0) is 9.53 Å². The van der Waals surface area contributed by atoms with Gasteiger partial charge in [0.15, 0.2) is 0 Å². The van der Waals surface area contributed by atoms with E-state index in [4.69, 9.17) is 9.47 Å². The minimum absolute atomic E-state index is 0.111. The van der Waals surface area contributed by atoms with Gasteiger partial charge in [-0.3, -0.25) is 4.79 Å². The third-order valence-corrected chi connectivity index (χ3v) is 7.28. The van der Waals surface area contributed by atoms with E-state index in [0.717, 1.165) is 25.0 Å². The van der Waals surface area contributed by atoms with Crippen molar-refractivity contribution in [2.75, 3.05) is 13.2 Å².